The summed E-state index contributed by atoms with van der Waals surface area (Å²) in [6.45, 7) is 1.75. The van der Waals surface area contributed by atoms with Gasteiger partial charge in [-0.2, -0.15) is 0 Å². The van der Waals surface area contributed by atoms with Crippen LogP contribution in [0, 0.1) is 5.92 Å². The second-order valence-corrected chi connectivity index (χ2v) is 6.78. The molecule has 136 valence electrons. The number of ether oxygens (including phenoxy) is 1. The molecule has 0 unspecified atom stereocenters. The molecule has 1 N–H and O–H groups in total. The zero-order chi connectivity index (χ0) is 17.9. The number of piperidine rings is 1. The second-order valence-electron chi connectivity index (χ2n) is 6.78. The molecule has 6 nitrogen and oxygen atoms in total. The summed E-state index contributed by atoms with van der Waals surface area (Å²) in [5.74, 6) is 1.10. The van der Waals surface area contributed by atoms with Crippen LogP contribution in [0.1, 0.15) is 41.4 Å². The van der Waals surface area contributed by atoms with Crippen molar-refractivity contribution in [1.29, 1.82) is 0 Å². The molecule has 1 aromatic carbocycles. The van der Waals surface area contributed by atoms with Crippen molar-refractivity contribution in [2.24, 2.45) is 5.92 Å². The Kier molecular flexibility index (Phi) is 4.65. The Balaban J connectivity index is 1.34. The molecule has 0 aliphatic carbocycles. The number of fused-ring (bicyclic) bond motifs is 1. The Morgan fingerprint density at radius 3 is 2.62 bits per heavy atom. The molecular weight excluding hydrogens is 332 g/mol. The minimum absolute atomic E-state index is 0.00442. The van der Waals surface area contributed by atoms with Crippen LogP contribution in [0.25, 0.3) is 0 Å². The third kappa shape index (κ3) is 3.31. The van der Waals surface area contributed by atoms with Crippen LogP contribution in [0.3, 0.4) is 0 Å². The molecule has 0 bridgehead atoms. The lowest BCUT2D eigenvalue weighted by Crippen LogP contribution is -2.44. The van der Waals surface area contributed by atoms with E-state index in [1.165, 1.54) is 6.26 Å². The molecule has 1 atom stereocenters. The van der Waals surface area contributed by atoms with E-state index in [0.717, 1.165) is 17.7 Å². The number of furan rings is 1. The molecule has 6 heteroatoms. The van der Waals surface area contributed by atoms with E-state index in [9.17, 15) is 9.59 Å². The average Bonchev–Trinajstić information content (AvgIpc) is 3.23. The first kappa shape index (κ1) is 16.7. The Bertz CT molecular complexity index is 779. The highest BCUT2D eigenvalue weighted by atomic mass is 16.5. The summed E-state index contributed by atoms with van der Waals surface area (Å²) in [7, 11) is 0. The van der Waals surface area contributed by atoms with Crippen LogP contribution in [-0.4, -0.2) is 36.4 Å². The van der Waals surface area contributed by atoms with Gasteiger partial charge in [-0.05, 0) is 31.0 Å². The fourth-order valence-corrected chi connectivity index (χ4v) is 3.68. The number of carbonyl (C=O) groups excluding carboxylic acids is 2. The normalized spacial score (nSPS) is 20.2. The standard InChI is InChI=1S/C20H22N2O4/c23-19(21-16-9-13-26-17-5-2-1-4-15(16)17)14-7-10-22(11-8-14)20(24)18-6-3-12-25-18/h1-6,12,14,16H,7-11,13H2,(H,21,23)/t16-/m0/s1. The first-order valence-corrected chi connectivity index (χ1v) is 9.07. The summed E-state index contributed by atoms with van der Waals surface area (Å²) >= 11 is 0. The lowest BCUT2D eigenvalue weighted by Gasteiger charge is -2.33. The Hall–Kier alpha value is -2.76. The molecule has 2 aromatic rings. The van der Waals surface area contributed by atoms with E-state index in [1.54, 1.807) is 17.0 Å². The van der Waals surface area contributed by atoms with Crippen LogP contribution in [0.4, 0.5) is 0 Å². The maximum Gasteiger partial charge on any atom is 0.289 e. The molecule has 0 radical (unpaired) electrons. The zero-order valence-corrected chi connectivity index (χ0v) is 14.5. The van der Waals surface area contributed by atoms with Gasteiger partial charge in [-0.3, -0.25) is 9.59 Å². The molecule has 4 rings (SSSR count). The number of amides is 2. The van der Waals surface area contributed by atoms with E-state index in [4.69, 9.17) is 9.15 Å². The predicted molar refractivity (Wildman–Crippen MR) is 94.8 cm³/mol. The molecular formula is C20H22N2O4. The van der Waals surface area contributed by atoms with E-state index in [1.807, 2.05) is 24.3 Å². The highest BCUT2D eigenvalue weighted by molar-refractivity contribution is 5.91. The number of likely N-dealkylation sites (tertiary alicyclic amines) is 1. The highest BCUT2D eigenvalue weighted by Gasteiger charge is 2.31. The van der Waals surface area contributed by atoms with Gasteiger partial charge in [0.2, 0.25) is 5.91 Å². The van der Waals surface area contributed by atoms with E-state index in [2.05, 4.69) is 5.32 Å². The van der Waals surface area contributed by atoms with Crippen LogP contribution in [0.2, 0.25) is 0 Å². The monoisotopic (exact) mass is 354 g/mol. The minimum Gasteiger partial charge on any atom is -0.493 e. The minimum atomic E-state index is -0.104. The van der Waals surface area contributed by atoms with E-state index in [0.29, 0.717) is 38.3 Å². The lowest BCUT2D eigenvalue weighted by molar-refractivity contribution is -0.127. The van der Waals surface area contributed by atoms with Gasteiger partial charge in [0, 0.05) is 31.0 Å². The molecule has 1 aromatic heterocycles. The summed E-state index contributed by atoms with van der Waals surface area (Å²) < 4.78 is 10.8. The number of hydrogen-bond acceptors (Lipinski definition) is 4. The summed E-state index contributed by atoms with van der Waals surface area (Å²) in [5.41, 5.74) is 1.04. The van der Waals surface area contributed by atoms with Crippen molar-refractivity contribution in [1.82, 2.24) is 10.2 Å². The number of para-hydroxylation sites is 1. The predicted octanol–water partition coefficient (Wildman–Crippen LogP) is 2.77. The largest absolute Gasteiger partial charge is 0.493 e. The van der Waals surface area contributed by atoms with Gasteiger partial charge in [-0.25, -0.2) is 0 Å². The van der Waals surface area contributed by atoms with Gasteiger partial charge in [-0.15, -0.1) is 0 Å². The molecule has 2 aliphatic heterocycles. The quantitative estimate of drug-likeness (QED) is 0.920. The van der Waals surface area contributed by atoms with Gasteiger partial charge in [0.25, 0.3) is 5.91 Å². The number of nitrogens with zero attached hydrogens (tertiary/aromatic N) is 1. The maximum absolute atomic E-state index is 12.7. The first-order valence-electron chi connectivity index (χ1n) is 9.07. The lowest BCUT2D eigenvalue weighted by atomic mass is 9.94. The number of carbonyl (C=O) groups is 2. The van der Waals surface area contributed by atoms with Gasteiger partial charge in [-0.1, -0.05) is 18.2 Å². The van der Waals surface area contributed by atoms with Gasteiger partial charge in [0.05, 0.1) is 18.9 Å². The molecule has 1 saturated heterocycles. The number of hydrogen-bond donors (Lipinski definition) is 1. The molecule has 0 saturated carbocycles. The van der Waals surface area contributed by atoms with Crippen molar-refractivity contribution in [3.8, 4) is 5.75 Å². The number of nitrogens with one attached hydrogen (secondary N) is 1. The highest BCUT2D eigenvalue weighted by Crippen LogP contribution is 2.32. The van der Waals surface area contributed by atoms with Crippen LogP contribution >= 0.6 is 0 Å². The van der Waals surface area contributed by atoms with Crippen LogP contribution < -0.4 is 10.1 Å². The second kappa shape index (κ2) is 7.23. The summed E-state index contributed by atoms with van der Waals surface area (Å²) in [6.07, 6.45) is 3.62. The maximum atomic E-state index is 12.7. The van der Waals surface area contributed by atoms with Gasteiger partial charge >= 0.3 is 0 Å². The van der Waals surface area contributed by atoms with E-state index < -0.39 is 0 Å². The van der Waals surface area contributed by atoms with Crippen LogP contribution in [0.5, 0.6) is 5.75 Å². The van der Waals surface area contributed by atoms with Crippen molar-refractivity contribution < 1.29 is 18.7 Å². The molecule has 26 heavy (non-hydrogen) atoms. The third-order valence-corrected chi connectivity index (χ3v) is 5.16. The topological polar surface area (TPSA) is 71.8 Å². The van der Waals surface area contributed by atoms with Gasteiger partial charge < -0.3 is 19.4 Å². The Morgan fingerprint density at radius 2 is 1.85 bits per heavy atom. The number of benzene rings is 1. The SMILES string of the molecule is O=C(N[C@H]1CCOc2ccccc21)C1CCN(C(=O)c2ccco2)CC1. The van der Waals surface area contributed by atoms with Gasteiger partial charge in [0.1, 0.15) is 5.75 Å². The van der Waals surface area contributed by atoms with Crippen LogP contribution in [-0.2, 0) is 4.79 Å². The fraction of sp³-hybridized carbons (Fsp3) is 0.400. The average molecular weight is 354 g/mol. The molecule has 3 heterocycles. The molecule has 1 fully saturated rings. The zero-order valence-electron chi connectivity index (χ0n) is 14.5. The van der Waals surface area contributed by atoms with E-state index in [-0.39, 0.29) is 23.8 Å². The van der Waals surface area contributed by atoms with E-state index >= 15 is 0 Å². The van der Waals surface area contributed by atoms with Gasteiger partial charge in [0.15, 0.2) is 5.76 Å². The molecule has 0 spiro atoms. The molecule has 2 aliphatic rings. The van der Waals surface area contributed by atoms with Crippen LogP contribution in [0.15, 0.2) is 47.1 Å². The van der Waals surface area contributed by atoms with Crippen molar-refractivity contribution in [2.45, 2.75) is 25.3 Å². The van der Waals surface area contributed by atoms with Crippen molar-refractivity contribution in [3.63, 3.8) is 0 Å². The summed E-state index contributed by atoms with van der Waals surface area (Å²) in [4.78, 5) is 26.8. The first-order chi connectivity index (χ1) is 12.7. The third-order valence-electron chi connectivity index (χ3n) is 5.16. The van der Waals surface area contributed by atoms with Crippen molar-refractivity contribution in [3.05, 3.63) is 54.0 Å². The smallest absolute Gasteiger partial charge is 0.289 e. The van der Waals surface area contributed by atoms with Crippen molar-refractivity contribution in [2.75, 3.05) is 19.7 Å². The fourth-order valence-electron chi connectivity index (χ4n) is 3.68. The Morgan fingerprint density at radius 1 is 1.04 bits per heavy atom. The summed E-state index contributed by atoms with van der Waals surface area (Å²) in [6, 6.07) is 11.2. The molecule has 2 amide bonds. The Labute approximate surface area is 152 Å². The number of rotatable bonds is 3. The summed E-state index contributed by atoms with van der Waals surface area (Å²) in [5, 5.41) is 3.18. The van der Waals surface area contributed by atoms with Crippen molar-refractivity contribution >= 4 is 11.8 Å².